The largest absolute Gasteiger partial charge is 0.484 e. The molecule has 1 saturated heterocycles. The molecule has 7 heteroatoms. The predicted molar refractivity (Wildman–Crippen MR) is 106 cm³/mol. The normalized spacial score (nSPS) is 17.8. The first-order chi connectivity index (χ1) is 13.7. The summed E-state index contributed by atoms with van der Waals surface area (Å²) in [6.45, 7) is 7.12. The van der Waals surface area contributed by atoms with Crippen molar-refractivity contribution in [2.75, 3.05) is 32.8 Å². The molecule has 1 fully saturated rings. The van der Waals surface area contributed by atoms with E-state index in [1.54, 1.807) is 0 Å². The van der Waals surface area contributed by atoms with Gasteiger partial charge in [0.15, 0.2) is 6.61 Å². The molecule has 0 atom stereocenters. The lowest BCUT2D eigenvalue weighted by atomic mass is 10.2. The number of hydrogen-bond acceptors (Lipinski definition) is 5. The van der Waals surface area contributed by atoms with Gasteiger partial charge in [-0.3, -0.25) is 9.69 Å². The highest BCUT2D eigenvalue weighted by Crippen LogP contribution is 2.18. The molecule has 1 aromatic heterocycles. The smallest absolute Gasteiger partial charge is 0.260 e. The van der Waals surface area contributed by atoms with Crippen LogP contribution in [-0.2, 0) is 24.3 Å². The van der Waals surface area contributed by atoms with Crippen molar-refractivity contribution < 1.29 is 9.53 Å². The van der Waals surface area contributed by atoms with Gasteiger partial charge in [0.2, 0.25) is 0 Å². The zero-order valence-corrected chi connectivity index (χ0v) is 16.6. The van der Waals surface area contributed by atoms with Crippen LogP contribution >= 0.6 is 0 Å². The second-order valence-corrected chi connectivity index (χ2v) is 7.71. The third-order valence-electron chi connectivity index (χ3n) is 5.72. The van der Waals surface area contributed by atoms with Crippen LogP contribution in [0.1, 0.15) is 36.5 Å². The van der Waals surface area contributed by atoms with Gasteiger partial charge in [0.25, 0.3) is 5.91 Å². The minimum atomic E-state index is 0.0549. The van der Waals surface area contributed by atoms with Crippen LogP contribution in [0.3, 0.4) is 0 Å². The van der Waals surface area contributed by atoms with Crippen molar-refractivity contribution >= 4 is 5.91 Å². The van der Waals surface area contributed by atoms with E-state index in [9.17, 15) is 4.79 Å². The lowest BCUT2D eigenvalue weighted by Gasteiger charge is -2.34. The van der Waals surface area contributed by atoms with Gasteiger partial charge in [-0.2, -0.15) is 0 Å². The third kappa shape index (κ3) is 4.35. The lowest BCUT2D eigenvalue weighted by Crippen LogP contribution is -2.49. The molecule has 0 aliphatic carbocycles. The summed E-state index contributed by atoms with van der Waals surface area (Å²) >= 11 is 0. The van der Waals surface area contributed by atoms with Gasteiger partial charge < -0.3 is 14.2 Å². The first-order valence-corrected chi connectivity index (χ1v) is 10.3. The van der Waals surface area contributed by atoms with Crippen molar-refractivity contribution in [1.29, 1.82) is 0 Å². The van der Waals surface area contributed by atoms with Crippen LogP contribution in [0.4, 0.5) is 0 Å². The van der Waals surface area contributed by atoms with Gasteiger partial charge in [0, 0.05) is 39.1 Å². The minimum Gasteiger partial charge on any atom is -0.484 e. The number of para-hydroxylation sites is 1. The first kappa shape index (κ1) is 18.9. The van der Waals surface area contributed by atoms with Gasteiger partial charge in [-0.05, 0) is 31.4 Å². The van der Waals surface area contributed by atoms with Crippen molar-refractivity contribution in [2.24, 2.45) is 0 Å². The quantitative estimate of drug-likeness (QED) is 0.791. The molecule has 0 radical (unpaired) electrons. The van der Waals surface area contributed by atoms with E-state index in [4.69, 9.17) is 4.74 Å². The Labute approximate surface area is 166 Å². The molecule has 2 aliphatic rings. The standard InChI is InChI=1S/C21H29N5O2/c1-17-7-4-5-8-18(17)28-16-21(27)25-13-11-24(12-14-25)15-20-23-22-19-9-3-2-6-10-26(19)20/h4-5,7-8H,2-3,6,9-16H2,1H3. The molecule has 2 aliphatic heterocycles. The summed E-state index contributed by atoms with van der Waals surface area (Å²) in [5, 5.41) is 8.82. The molecule has 3 heterocycles. The van der Waals surface area contributed by atoms with Crippen LogP contribution in [0.25, 0.3) is 0 Å². The van der Waals surface area contributed by atoms with Crippen LogP contribution in [0.15, 0.2) is 24.3 Å². The number of benzene rings is 1. The van der Waals surface area contributed by atoms with E-state index in [0.29, 0.717) is 0 Å². The Balaban J connectivity index is 1.26. The lowest BCUT2D eigenvalue weighted by molar-refractivity contribution is -0.135. The Bertz CT molecular complexity index is 811. The Hall–Kier alpha value is -2.41. The van der Waals surface area contributed by atoms with Crippen molar-refractivity contribution in [1.82, 2.24) is 24.6 Å². The van der Waals surface area contributed by atoms with E-state index < -0.39 is 0 Å². The predicted octanol–water partition coefficient (Wildman–Crippen LogP) is 2.04. The molecule has 7 nitrogen and oxygen atoms in total. The number of hydrogen-bond donors (Lipinski definition) is 0. The fourth-order valence-corrected chi connectivity index (χ4v) is 3.97. The second kappa shape index (κ2) is 8.73. The van der Waals surface area contributed by atoms with Gasteiger partial charge in [0.1, 0.15) is 17.4 Å². The van der Waals surface area contributed by atoms with Gasteiger partial charge >= 0.3 is 0 Å². The Kier molecular flexibility index (Phi) is 5.90. The summed E-state index contributed by atoms with van der Waals surface area (Å²) in [4.78, 5) is 16.8. The number of aromatic nitrogens is 3. The SMILES string of the molecule is Cc1ccccc1OCC(=O)N1CCN(Cc2nnc3n2CCCCC3)CC1. The maximum atomic E-state index is 12.5. The number of fused-ring (bicyclic) bond motifs is 1. The van der Waals surface area contributed by atoms with Crippen molar-refractivity contribution in [3.8, 4) is 5.75 Å². The molecule has 28 heavy (non-hydrogen) atoms. The summed E-state index contributed by atoms with van der Waals surface area (Å²) < 4.78 is 8.02. The average Bonchev–Trinajstić information content (AvgIpc) is 2.94. The van der Waals surface area contributed by atoms with Crippen LogP contribution in [0.2, 0.25) is 0 Å². The summed E-state index contributed by atoms with van der Waals surface area (Å²) in [6, 6.07) is 7.79. The topological polar surface area (TPSA) is 63.5 Å². The van der Waals surface area contributed by atoms with Crippen LogP contribution in [0.5, 0.6) is 5.75 Å². The molecule has 2 aromatic rings. The summed E-state index contributed by atoms with van der Waals surface area (Å²) in [6.07, 6.45) is 4.73. The molecule has 0 saturated carbocycles. The number of ether oxygens (including phenoxy) is 1. The summed E-state index contributed by atoms with van der Waals surface area (Å²) in [5.74, 6) is 3.04. The molecular weight excluding hydrogens is 354 g/mol. The molecular formula is C21H29N5O2. The highest BCUT2D eigenvalue weighted by atomic mass is 16.5. The fourth-order valence-electron chi connectivity index (χ4n) is 3.97. The van der Waals surface area contributed by atoms with Crippen molar-refractivity contribution in [3.63, 3.8) is 0 Å². The van der Waals surface area contributed by atoms with E-state index >= 15 is 0 Å². The van der Waals surface area contributed by atoms with Crippen LogP contribution < -0.4 is 4.74 Å². The number of carbonyl (C=O) groups excluding carboxylic acids is 1. The summed E-state index contributed by atoms with van der Waals surface area (Å²) in [5.41, 5.74) is 1.05. The molecule has 150 valence electrons. The number of aryl methyl sites for hydroxylation is 2. The summed E-state index contributed by atoms with van der Waals surface area (Å²) in [7, 11) is 0. The highest BCUT2D eigenvalue weighted by Gasteiger charge is 2.23. The first-order valence-electron chi connectivity index (χ1n) is 10.3. The number of rotatable bonds is 5. The van der Waals surface area contributed by atoms with E-state index in [-0.39, 0.29) is 12.5 Å². The maximum Gasteiger partial charge on any atom is 0.260 e. The Morgan fingerprint density at radius 2 is 1.86 bits per heavy atom. The number of carbonyl (C=O) groups is 1. The van der Waals surface area contributed by atoms with Crippen molar-refractivity contribution in [3.05, 3.63) is 41.5 Å². The molecule has 0 spiro atoms. The molecule has 1 amide bonds. The van der Waals surface area contributed by atoms with E-state index in [2.05, 4.69) is 19.7 Å². The van der Waals surface area contributed by atoms with E-state index in [1.165, 1.54) is 19.3 Å². The number of piperazine rings is 1. The minimum absolute atomic E-state index is 0.0549. The molecule has 0 N–H and O–H groups in total. The molecule has 0 unspecified atom stereocenters. The van der Waals surface area contributed by atoms with Gasteiger partial charge in [0.05, 0.1) is 6.54 Å². The van der Waals surface area contributed by atoms with Crippen molar-refractivity contribution in [2.45, 2.75) is 45.7 Å². The molecule has 4 rings (SSSR count). The van der Waals surface area contributed by atoms with E-state index in [0.717, 1.165) is 68.7 Å². The second-order valence-electron chi connectivity index (χ2n) is 7.71. The third-order valence-corrected chi connectivity index (χ3v) is 5.72. The van der Waals surface area contributed by atoms with Gasteiger partial charge in [-0.25, -0.2) is 0 Å². The molecule has 0 bridgehead atoms. The Morgan fingerprint density at radius 1 is 1.04 bits per heavy atom. The maximum absolute atomic E-state index is 12.5. The van der Waals surface area contributed by atoms with Gasteiger partial charge in [-0.1, -0.05) is 24.6 Å². The van der Waals surface area contributed by atoms with Crippen LogP contribution in [0, 0.1) is 6.92 Å². The zero-order chi connectivity index (χ0) is 19.3. The molecule has 1 aromatic carbocycles. The van der Waals surface area contributed by atoms with Crippen LogP contribution in [-0.4, -0.2) is 63.3 Å². The monoisotopic (exact) mass is 383 g/mol. The van der Waals surface area contributed by atoms with E-state index in [1.807, 2.05) is 36.1 Å². The highest BCUT2D eigenvalue weighted by molar-refractivity contribution is 5.78. The number of amides is 1. The zero-order valence-electron chi connectivity index (χ0n) is 16.6. The van der Waals surface area contributed by atoms with Gasteiger partial charge in [-0.15, -0.1) is 10.2 Å². The fraction of sp³-hybridized carbons (Fsp3) is 0.571. The number of nitrogens with zero attached hydrogens (tertiary/aromatic N) is 5. The average molecular weight is 383 g/mol. The Morgan fingerprint density at radius 3 is 2.68 bits per heavy atom.